The van der Waals surface area contributed by atoms with Crippen LogP contribution in [-0.2, 0) is 0 Å². The lowest BCUT2D eigenvalue weighted by Crippen LogP contribution is -2.45. The molecule has 1 aliphatic rings. The van der Waals surface area contributed by atoms with E-state index in [2.05, 4.69) is 49.8 Å². The number of hydrogen-bond donors (Lipinski definition) is 2. The molecular weight excluding hydrogens is 493 g/mol. The molecule has 1 atom stereocenters. The molecule has 0 bridgehead atoms. The Labute approximate surface area is 187 Å². The highest BCUT2D eigenvalue weighted by atomic mass is 127. The highest BCUT2D eigenvalue weighted by molar-refractivity contribution is 14.0. The molecule has 2 aromatic rings. The summed E-state index contributed by atoms with van der Waals surface area (Å²) in [6.07, 6.45) is 2.82. The van der Waals surface area contributed by atoms with Gasteiger partial charge in [-0.2, -0.15) is 0 Å². The fourth-order valence-corrected chi connectivity index (χ4v) is 3.95. The molecule has 0 radical (unpaired) electrons. The molecule has 1 aromatic carbocycles. The lowest BCUT2D eigenvalue weighted by Gasteiger charge is -2.20. The molecule has 2 heterocycles. The van der Waals surface area contributed by atoms with Crippen molar-refractivity contribution < 1.29 is 0 Å². The quantitative estimate of drug-likeness (QED) is 0.200. The van der Waals surface area contributed by atoms with E-state index in [1.165, 1.54) is 4.90 Å². The Morgan fingerprint density at radius 2 is 2.11 bits per heavy atom. The van der Waals surface area contributed by atoms with Gasteiger partial charge in [-0.15, -0.1) is 35.7 Å². The van der Waals surface area contributed by atoms with Crippen LogP contribution in [0.3, 0.4) is 0 Å². The Balaban J connectivity index is 0.00000261. The van der Waals surface area contributed by atoms with Gasteiger partial charge in [0.25, 0.3) is 0 Å². The number of rotatable bonds is 6. The third-order valence-corrected chi connectivity index (χ3v) is 5.51. The smallest absolute Gasteiger partial charge is 0.191 e. The van der Waals surface area contributed by atoms with Crippen LogP contribution in [0, 0.1) is 0 Å². The minimum Gasteiger partial charge on any atom is -0.356 e. The van der Waals surface area contributed by atoms with Crippen LogP contribution in [0.15, 0.2) is 58.5 Å². The summed E-state index contributed by atoms with van der Waals surface area (Å²) in [6, 6.07) is 14.5. The van der Waals surface area contributed by atoms with Gasteiger partial charge in [-0.1, -0.05) is 29.8 Å². The van der Waals surface area contributed by atoms with Gasteiger partial charge in [0.05, 0.1) is 5.02 Å². The summed E-state index contributed by atoms with van der Waals surface area (Å²) < 4.78 is 0. The third kappa shape index (κ3) is 6.73. The topological polar surface area (TPSA) is 52.6 Å². The highest BCUT2D eigenvalue weighted by Gasteiger charge is 2.25. The van der Waals surface area contributed by atoms with Crippen molar-refractivity contribution in [2.24, 2.45) is 4.99 Å². The summed E-state index contributed by atoms with van der Waals surface area (Å²) in [4.78, 5) is 12.2. The Hall–Kier alpha value is -1.19. The Morgan fingerprint density at radius 3 is 2.85 bits per heavy atom. The van der Waals surface area contributed by atoms with Crippen molar-refractivity contribution in [3.8, 4) is 0 Å². The largest absolute Gasteiger partial charge is 0.356 e. The number of benzene rings is 1. The zero-order valence-electron chi connectivity index (χ0n) is 15.3. The Bertz CT molecular complexity index is 731. The van der Waals surface area contributed by atoms with Crippen molar-refractivity contribution in [2.45, 2.75) is 17.4 Å². The second-order valence-corrected chi connectivity index (χ2v) is 7.62. The molecule has 1 saturated heterocycles. The fourth-order valence-electron chi connectivity index (χ4n) is 2.92. The number of hydrogen-bond acceptors (Lipinski definition) is 4. The summed E-state index contributed by atoms with van der Waals surface area (Å²) >= 11 is 8.10. The molecule has 0 amide bonds. The standard InChI is InChI=1S/C19H24ClN5S.HI/c1-21-19(23-11-13-26-16-6-3-2-4-7-16)24-15-9-12-25(14-15)18-17(20)8-5-10-22-18;/h2-8,10,15H,9,11-14H2,1H3,(H2,21,23,24);1H. The summed E-state index contributed by atoms with van der Waals surface area (Å²) in [5.74, 6) is 2.70. The molecule has 1 aromatic heterocycles. The second-order valence-electron chi connectivity index (χ2n) is 6.05. The van der Waals surface area contributed by atoms with E-state index in [9.17, 15) is 0 Å². The fraction of sp³-hybridized carbons (Fsp3) is 0.368. The molecule has 8 heteroatoms. The summed E-state index contributed by atoms with van der Waals surface area (Å²) in [5.41, 5.74) is 0. The number of pyridine rings is 1. The first-order valence-electron chi connectivity index (χ1n) is 8.77. The zero-order chi connectivity index (χ0) is 18.2. The van der Waals surface area contributed by atoms with Gasteiger partial charge in [0.2, 0.25) is 0 Å². The van der Waals surface area contributed by atoms with Gasteiger partial charge >= 0.3 is 0 Å². The van der Waals surface area contributed by atoms with Gasteiger partial charge in [0.15, 0.2) is 5.96 Å². The maximum atomic E-state index is 6.26. The number of halogens is 2. The normalized spacial score (nSPS) is 16.7. The molecule has 1 unspecified atom stereocenters. The maximum Gasteiger partial charge on any atom is 0.191 e. The van der Waals surface area contributed by atoms with Crippen LogP contribution in [0.1, 0.15) is 6.42 Å². The first-order chi connectivity index (χ1) is 12.8. The zero-order valence-corrected chi connectivity index (χ0v) is 19.2. The summed E-state index contributed by atoms with van der Waals surface area (Å²) in [7, 11) is 1.81. The number of anilines is 1. The van der Waals surface area contributed by atoms with Crippen molar-refractivity contribution in [1.29, 1.82) is 0 Å². The number of aliphatic imine (C=N–C) groups is 1. The monoisotopic (exact) mass is 517 g/mol. The van der Waals surface area contributed by atoms with Crippen LogP contribution < -0.4 is 15.5 Å². The van der Waals surface area contributed by atoms with Crippen LogP contribution in [0.25, 0.3) is 0 Å². The molecule has 27 heavy (non-hydrogen) atoms. The molecule has 1 fully saturated rings. The average Bonchev–Trinajstić information content (AvgIpc) is 3.13. The number of nitrogens with zero attached hydrogens (tertiary/aromatic N) is 3. The number of thioether (sulfide) groups is 1. The summed E-state index contributed by atoms with van der Waals surface area (Å²) in [6.45, 7) is 2.67. The Kier molecular flexibility index (Phi) is 9.50. The number of guanidine groups is 1. The molecule has 0 aliphatic carbocycles. The number of nitrogens with one attached hydrogen (secondary N) is 2. The molecular formula is C19H25ClIN5S. The molecule has 3 rings (SSSR count). The van der Waals surface area contributed by atoms with E-state index in [4.69, 9.17) is 11.6 Å². The minimum absolute atomic E-state index is 0. The van der Waals surface area contributed by atoms with E-state index < -0.39 is 0 Å². The van der Waals surface area contributed by atoms with Gasteiger partial charge in [0.1, 0.15) is 5.82 Å². The van der Waals surface area contributed by atoms with E-state index in [0.717, 1.165) is 43.6 Å². The van der Waals surface area contributed by atoms with E-state index in [1.54, 1.807) is 6.20 Å². The van der Waals surface area contributed by atoms with Gasteiger partial charge in [-0.05, 0) is 30.7 Å². The lowest BCUT2D eigenvalue weighted by molar-refractivity contribution is 0.652. The van der Waals surface area contributed by atoms with E-state index in [1.807, 2.05) is 37.0 Å². The predicted molar refractivity (Wildman–Crippen MR) is 127 cm³/mol. The molecule has 5 nitrogen and oxygen atoms in total. The summed E-state index contributed by atoms with van der Waals surface area (Å²) in [5, 5.41) is 7.59. The van der Waals surface area contributed by atoms with Gasteiger partial charge in [-0.25, -0.2) is 4.98 Å². The first-order valence-corrected chi connectivity index (χ1v) is 10.1. The molecule has 2 N–H and O–H groups in total. The molecule has 1 aliphatic heterocycles. The average molecular weight is 518 g/mol. The van der Waals surface area contributed by atoms with Crippen LogP contribution in [-0.4, -0.2) is 49.4 Å². The van der Waals surface area contributed by atoms with Crippen molar-refractivity contribution >= 4 is 59.1 Å². The van der Waals surface area contributed by atoms with Crippen LogP contribution in [0.2, 0.25) is 5.02 Å². The number of aromatic nitrogens is 1. The van der Waals surface area contributed by atoms with Gasteiger partial charge < -0.3 is 15.5 Å². The second kappa shape index (κ2) is 11.6. The van der Waals surface area contributed by atoms with Crippen molar-refractivity contribution in [2.75, 3.05) is 37.3 Å². The minimum atomic E-state index is 0. The van der Waals surface area contributed by atoms with Crippen molar-refractivity contribution in [3.63, 3.8) is 0 Å². The van der Waals surface area contributed by atoms with Gasteiger partial charge in [0, 0.05) is 49.6 Å². The molecule has 146 valence electrons. The van der Waals surface area contributed by atoms with Crippen molar-refractivity contribution in [3.05, 3.63) is 53.7 Å². The van der Waals surface area contributed by atoms with E-state index >= 15 is 0 Å². The highest BCUT2D eigenvalue weighted by Crippen LogP contribution is 2.25. The third-order valence-electron chi connectivity index (χ3n) is 4.20. The lowest BCUT2D eigenvalue weighted by atomic mass is 10.3. The van der Waals surface area contributed by atoms with Gasteiger partial charge in [-0.3, -0.25) is 4.99 Å². The van der Waals surface area contributed by atoms with Crippen LogP contribution in [0.4, 0.5) is 5.82 Å². The maximum absolute atomic E-state index is 6.26. The van der Waals surface area contributed by atoms with E-state index in [-0.39, 0.29) is 24.0 Å². The molecule has 0 saturated carbocycles. The van der Waals surface area contributed by atoms with Crippen molar-refractivity contribution in [1.82, 2.24) is 15.6 Å². The first kappa shape index (κ1) is 22.1. The molecule has 0 spiro atoms. The Morgan fingerprint density at radius 1 is 1.30 bits per heavy atom. The van der Waals surface area contributed by atoms with Crippen LogP contribution in [0.5, 0.6) is 0 Å². The van der Waals surface area contributed by atoms with Crippen LogP contribution >= 0.6 is 47.3 Å². The predicted octanol–water partition coefficient (Wildman–Crippen LogP) is 3.89. The SMILES string of the molecule is CN=C(NCCSc1ccccc1)NC1CCN(c2ncccc2Cl)C1.I. The van der Waals surface area contributed by atoms with E-state index in [0.29, 0.717) is 11.1 Å².